The Kier molecular flexibility index (Phi) is 45.7. The molecule has 0 saturated carbocycles. The van der Waals surface area contributed by atoms with Crippen molar-refractivity contribution in [2.24, 2.45) is 0 Å². The predicted molar refractivity (Wildman–Crippen MR) is 554 cm³/mol. The summed E-state index contributed by atoms with van der Waals surface area (Å²) in [6.45, 7) is 75.2. The summed E-state index contributed by atoms with van der Waals surface area (Å²) in [6.07, 6.45) is -39.6. The van der Waals surface area contributed by atoms with E-state index in [4.69, 9.17) is 164 Å². The van der Waals surface area contributed by atoms with Gasteiger partial charge in [0.15, 0.2) is 102 Å². The highest BCUT2D eigenvalue weighted by Gasteiger charge is 2.65. The molecule has 0 radical (unpaired) electrons. The largest absolute Gasteiger partial charge is 0.414 e. The number of ether oxygens (including phenoxy) is 28. The summed E-state index contributed by atoms with van der Waals surface area (Å²) >= 11 is 0. The van der Waals surface area contributed by atoms with Gasteiger partial charge in [0.25, 0.3) is 0 Å². The Balaban J connectivity index is 1.45. The third-order valence-electron chi connectivity index (χ3n) is 34.0. The van der Waals surface area contributed by atoms with Crippen LogP contribution in [0.4, 0.5) is 0 Å². The molecule has 0 aromatic heterocycles. The van der Waals surface area contributed by atoms with Crippen molar-refractivity contribution in [1.82, 2.24) is 0 Å². The van der Waals surface area contributed by atoms with E-state index in [1.54, 1.807) is 92.4 Å². The molecule has 21 aliphatic rings. The van der Waals surface area contributed by atoms with Crippen LogP contribution in [0.25, 0.3) is 0 Å². The van der Waals surface area contributed by atoms with Gasteiger partial charge >= 0.3 is 0 Å². The quantitative estimate of drug-likeness (QED) is 0.0565. The fourth-order valence-corrected chi connectivity index (χ4v) is 24.5. The first-order valence-corrected chi connectivity index (χ1v) is 71.6. The first-order valence-electron chi connectivity index (χ1n) is 51.2. The van der Waals surface area contributed by atoms with Crippen LogP contribution >= 0.6 is 0 Å². The van der Waals surface area contributed by atoms with Gasteiger partial charge in [-0.15, -0.1) is 0 Å². The Labute approximate surface area is 861 Å². The molecule has 0 aromatic rings. The van der Waals surface area contributed by atoms with E-state index >= 15 is 0 Å². The van der Waals surface area contributed by atoms with Gasteiger partial charge < -0.3 is 169 Å². The topological polar surface area (TPSA) is 343 Å². The van der Waals surface area contributed by atoms with E-state index < -0.39 is 280 Å². The average Bonchev–Trinajstić information content (AvgIpc) is 0.769. The third kappa shape index (κ3) is 29.5. The Morgan fingerprint density at radius 2 is 0.289 bits per heavy atom. The van der Waals surface area contributed by atoms with Gasteiger partial charge in [0, 0.05) is 92.4 Å². The molecular formula is C99H198O36Si7. The maximum absolute atomic E-state index is 11.0. The van der Waals surface area contributed by atoms with E-state index in [0.717, 1.165) is 0 Å². The molecule has 0 amide bonds. The highest BCUT2D eigenvalue weighted by atomic mass is 28.4. The molecule has 43 heteroatoms. The minimum atomic E-state index is -2.71. The van der Waals surface area contributed by atoms with E-state index in [0.29, 0.717) is 0 Å². The molecule has 21 heterocycles. The first-order chi connectivity index (χ1) is 65.5. The number of hydrogen-bond acceptors (Lipinski definition) is 36. The van der Waals surface area contributed by atoms with Crippen LogP contribution < -0.4 is 0 Å². The van der Waals surface area contributed by atoms with E-state index in [9.17, 15) is 5.11 Å². The highest BCUT2D eigenvalue weighted by molar-refractivity contribution is 6.76. The summed E-state index contributed by atoms with van der Waals surface area (Å²) in [5.74, 6) is 0. The van der Waals surface area contributed by atoms with Crippen molar-refractivity contribution in [1.29, 1.82) is 0 Å². The van der Waals surface area contributed by atoms with Gasteiger partial charge in [0.2, 0.25) is 0 Å². The molecule has 1 N–H and O–H groups in total. The molecule has 0 aromatic carbocycles. The molecule has 21 aliphatic heterocycles. The molecule has 0 aliphatic carbocycles. The number of hydrogen-bond donors (Lipinski definition) is 1. The summed E-state index contributed by atoms with van der Waals surface area (Å²) in [6, 6.07) is 0. The second-order valence-corrected chi connectivity index (χ2v) is 83.8. The van der Waals surface area contributed by atoms with Crippen molar-refractivity contribution in [3.63, 3.8) is 0 Å². The summed E-state index contributed by atoms with van der Waals surface area (Å²) in [7, 11) is 1.66. The highest BCUT2D eigenvalue weighted by Crippen LogP contribution is 2.50. The zero-order valence-corrected chi connectivity index (χ0v) is 103. The molecule has 35 atom stereocenters. The van der Waals surface area contributed by atoms with Crippen molar-refractivity contribution in [2.45, 2.75) is 487 Å². The fourth-order valence-electron chi connectivity index (χ4n) is 17.4. The van der Waals surface area contributed by atoms with Crippen LogP contribution in [0.1, 0.15) is 145 Å². The number of aliphatic hydroxyl groups is 1. The van der Waals surface area contributed by atoms with Crippen molar-refractivity contribution in [3.05, 3.63) is 0 Å². The SMILES string of the molecule is CO[C@@H]1[C@@H](OC)[C@H]2O[C@H]3[C@H](OC)[C@@H](OC)[C@@H](O[C@H]4[C@H](OC)[C@@H](OCCO)[C@@H](O[C@H]5[C@H](OC)[C@H](OC)[C@@H](O[C@H]6[C@@H](OC)[C@H](OC)[C@@H](O[C@H]7[C@H](OC)[C@@H](OC)[C@@H](O[C@H]8[C@H](OC)[C@@H](OC)[C@@H](O[C@@H]1[C@H](CO[Si](C)(C)C(C)(C)C)O2)O[C@H]8CO[Si](C)(C)C(C)(C)C)O[C@@H]7CO[Si](C)(C)C(C)(C)C)O[C@@H]6CO[Si](C)(C)C(C)(C)C)O[C@@H]5CO[Si](C)(C)C(C)(C)C)O[C@H]4CO[Si](C)(C)C(C)(C)C)O[C@H]3CO[Si](C)(C)C(C)(C)C. The normalized spacial score (nSPS) is 37.3. The third-order valence-corrected chi connectivity index (χ3v) is 65.5. The van der Waals surface area contributed by atoms with Gasteiger partial charge in [0.1, 0.15) is 171 Å². The Morgan fingerprint density at radius 3 is 0.394 bits per heavy atom. The maximum Gasteiger partial charge on any atom is 0.192 e. The van der Waals surface area contributed by atoms with Crippen molar-refractivity contribution < 1.29 is 169 Å². The smallest absolute Gasteiger partial charge is 0.192 e. The van der Waals surface area contributed by atoms with Crippen LogP contribution in [0.15, 0.2) is 0 Å². The minimum absolute atomic E-state index is 0.0228. The molecule has 21 saturated heterocycles. The van der Waals surface area contributed by atoms with E-state index in [1.165, 1.54) is 0 Å². The van der Waals surface area contributed by atoms with Crippen molar-refractivity contribution >= 4 is 58.2 Å². The lowest BCUT2D eigenvalue weighted by atomic mass is 9.94. The molecule has 0 spiro atoms. The summed E-state index contributed by atoms with van der Waals surface area (Å²) < 4.78 is 252. The van der Waals surface area contributed by atoms with Gasteiger partial charge in [-0.3, -0.25) is 0 Å². The molecule has 142 heavy (non-hydrogen) atoms. The lowest BCUT2D eigenvalue weighted by Gasteiger charge is -2.53. The summed E-state index contributed by atoms with van der Waals surface area (Å²) in [5.41, 5.74) is 0. The van der Waals surface area contributed by atoms with Gasteiger partial charge in [-0.25, -0.2) is 0 Å². The van der Waals surface area contributed by atoms with Crippen LogP contribution in [-0.2, 0) is 164 Å². The molecular weight excluding hydrogens is 1960 g/mol. The first kappa shape index (κ1) is 127. The van der Waals surface area contributed by atoms with Gasteiger partial charge in [-0.05, 0) is 127 Å². The Hall–Kier alpha value is 0.0782. The van der Waals surface area contributed by atoms with Crippen molar-refractivity contribution in [2.75, 3.05) is 152 Å². The van der Waals surface area contributed by atoms with Crippen LogP contribution in [0.5, 0.6) is 0 Å². The summed E-state index contributed by atoms with van der Waals surface area (Å²) in [5, 5.41) is 9.01. The average molecular weight is 2160 g/mol. The van der Waals surface area contributed by atoms with E-state index in [2.05, 4.69) is 237 Å². The second-order valence-electron chi connectivity index (χ2n) is 50.2. The Morgan fingerprint density at radius 1 is 0.176 bits per heavy atom. The zero-order valence-electron chi connectivity index (χ0n) is 96.3. The Bertz CT molecular complexity index is 3650. The minimum Gasteiger partial charge on any atom is -0.414 e. The van der Waals surface area contributed by atoms with Gasteiger partial charge in [-0.1, -0.05) is 145 Å². The maximum atomic E-state index is 11.0. The molecule has 14 bridgehead atoms. The molecule has 36 nitrogen and oxygen atoms in total. The number of methoxy groups -OCH3 is 13. The van der Waals surface area contributed by atoms with E-state index in [-0.39, 0.29) is 88.1 Å². The molecule has 838 valence electrons. The van der Waals surface area contributed by atoms with E-state index in [1.807, 2.05) is 0 Å². The molecule has 0 unspecified atom stereocenters. The predicted octanol–water partition coefficient (Wildman–Crippen LogP) is 14.5. The molecule has 21 fully saturated rings. The lowest BCUT2D eigenvalue weighted by molar-refractivity contribution is -0.402. The number of rotatable bonds is 37. The van der Waals surface area contributed by atoms with Crippen LogP contribution in [0, 0.1) is 0 Å². The fraction of sp³-hybridized carbons (Fsp3) is 1.00. The van der Waals surface area contributed by atoms with Gasteiger partial charge in [-0.2, -0.15) is 0 Å². The number of aliphatic hydroxyl groups excluding tert-OH is 1. The zero-order chi connectivity index (χ0) is 107. The standard InChI is InChI=1S/C99H198O36Si7/c1-93(2,3)136(35,36)115-51-58-65-72(101-22)79(108-29)87(122-58)130-67-60(53-117-138(39,40)95(7,8)9)124-89(81(110-31)74(67)103-24)132-69-62(55-119-140(43,44)97(13,14)15)126-91(83(112-33)76(69)105-26)134-71-64(57-121-142(47,48)99(19,20)21)128-92(85(78(71)107-28)114-50-49-100)135-70-63(56-120-141(45,46)98(16,17)18)127-90(84(113-34)77(70)106-27)133-68-61(54-118-139(41,42)96(10,11)12)125-88(82(111-32)75(68)104-25)131-66-59(52-116-137(37,38)94(4,5)6)123-86(129-65)80(109-30)73(66)102-23/h58-92,100H,49-57H2,1-48H3/t58-,59+,60-,61+,62-,63+,64-,65+,66+,67+,68+,69+,70+,71+,72-,73-,74-,75+,76-,77-,78-,79+,80+,81+,82-,83+,84-,85+,86+,87+,88+,89+,90+,91+,92+/m0/s1. The second kappa shape index (κ2) is 51.0. The summed E-state index contributed by atoms with van der Waals surface area (Å²) in [4.78, 5) is 0. The molecule has 21 rings (SSSR count). The van der Waals surface area contributed by atoms with Crippen LogP contribution in [0.2, 0.25) is 127 Å². The monoisotopic (exact) mass is 2160 g/mol. The van der Waals surface area contributed by atoms with Crippen LogP contribution in [0.3, 0.4) is 0 Å². The van der Waals surface area contributed by atoms with Gasteiger partial charge in [0.05, 0.1) is 59.5 Å². The van der Waals surface area contributed by atoms with Crippen LogP contribution in [-0.4, -0.2) is 430 Å². The lowest BCUT2D eigenvalue weighted by Crippen LogP contribution is -2.70. The van der Waals surface area contributed by atoms with Crippen molar-refractivity contribution in [3.8, 4) is 0 Å².